The average molecular weight is 260 g/mol. The largest absolute Gasteiger partial charge is 0.481 e. The van der Waals surface area contributed by atoms with Crippen molar-refractivity contribution < 1.29 is 4.74 Å². The van der Waals surface area contributed by atoms with Crippen LogP contribution in [0.25, 0.3) is 0 Å². The molecule has 2 aromatic heterocycles. The van der Waals surface area contributed by atoms with Crippen LogP contribution in [0.5, 0.6) is 5.88 Å². The van der Waals surface area contributed by atoms with Crippen molar-refractivity contribution in [1.29, 1.82) is 0 Å². The summed E-state index contributed by atoms with van der Waals surface area (Å²) in [6, 6.07) is 5.36. The quantitative estimate of drug-likeness (QED) is 0.779. The lowest BCUT2D eigenvalue weighted by molar-refractivity contribution is 0.398. The number of methoxy groups -OCH3 is 1. The summed E-state index contributed by atoms with van der Waals surface area (Å²) < 4.78 is 9.59. The smallest absolute Gasteiger partial charge is 0.214 e. The molecule has 7 heteroatoms. The van der Waals surface area contributed by atoms with E-state index in [1.54, 1.807) is 19.2 Å². The molecule has 0 unspecified atom stereocenters. The molecular weight excluding hydrogens is 254 g/mol. The summed E-state index contributed by atoms with van der Waals surface area (Å²) in [5.74, 6) is 1.09. The van der Waals surface area contributed by atoms with Crippen molar-refractivity contribution in [3.63, 3.8) is 0 Å². The Morgan fingerprint density at radius 1 is 1.47 bits per heavy atom. The van der Waals surface area contributed by atoms with Crippen molar-refractivity contribution in [2.24, 2.45) is 4.99 Å². The Balaban J connectivity index is 2.44. The molecule has 0 amide bonds. The Hall–Kier alpha value is -0.980. The number of hydrogen-bond donors (Lipinski definition) is 0. The minimum Gasteiger partial charge on any atom is -0.481 e. The molecule has 2 aromatic rings. The Morgan fingerprint density at radius 3 is 3.00 bits per heavy atom. The van der Waals surface area contributed by atoms with Crippen LogP contribution < -0.4 is 9.41 Å². The molecule has 0 aliphatic rings. The number of rotatable bonds is 2. The molecule has 0 saturated carbocycles. The van der Waals surface area contributed by atoms with E-state index >= 15 is 0 Å². The van der Waals surface area contributed by atoms with Gasteiger partial charge in [0, 0.05) is 16.6 Å². The van der Waals surface area contributed by atoms with Gasteiger partial charge in [0.2, 0.25) is 5.88 Å². The zero-order chi connectivity index (χ0) is 10.7. The Labute approximate surface area is 98.4 Å². The fourth-order valence-corrected chi connectivity index (χ4v) is 2.89. The van der Waals surface area contributed by atoms with Crippen molar-refractivity contribution in [1.82, 2.24) is 9.36 Å². The van der Waals surface area contributed by atoms with Gasteiger partial charge in [-0.25, -0.2) is 4.99 Å². The molecule has 0 spiro atoms. The topological polar surface area (TPSA) is 47.4 Å². The van der Waals surface area contributed by atoms with Crippen LogP contribution in [0.3, 0.4) is 0 Å². The summed E-state index contributed by atoms with van der Waals surface area (Å²) in [4.78, 5) is 8.40. The van der Waals surface area contributed by atoms with Crippen molar-refractivity contribution in [3.8, 4) is 5.88 Å². The number of halogens is 1. The van der Waals surface area contributed by atoms with Crippen LogP contribution >= 0.6 is 32.5 Å². The van der Waals surface area contributed by atoms with Gasteiger partial charge in [-0.05, 0) is 16.4 Å². The summed E-state index contributed by atoms with van der Waals surface area (Å²) >= 11 is 5.82. The lowest BCUT2D eigenvalue weighted by Gasteiger charge is -1.97. The second-order valence-electron chi connectivity index (χ2n) is 2.50. The predicted octanol–water partition coefficient (Wildman–Crippen LogP) is 2.49. The first kappa shape index (κ1) is 10.5. The molecule has 78 valence electrons. The van der Waals surface area contributed by atoms with Crippen LogP contribution in [0, 0.1) is 0 Å². The molecule has 0 saturated heterocycles. The van der Waals surface area contributed by atoms with Gasteiger partial charge in [-0.2, -0.15) is 9.36 Å². The molecule has 2 heterocycles. The van der Waals surface area contributed by atoms with E-state index in [-0.39, 0.29) is 0 Å². The maximum atomic E-state index is 5.82. The fraction of sp³-hybridized carbons (Fsp3) is 0.125. The summed E-state index contributed by atoms with van der Waals surface area (Å²) in [6.45, 7) is 0. The van der Waals surface area contributed by atoms with Gasteiger partial charge in [0.25, 0.3) is 0 Å². The van der Waals surface area contributed by atoms with Crippen LogP contribution in [0.15, 0.2) is 23.2 Å². The van der Waals surface area contributed by atoms with Gasteiger partial charge in [-0.15, -0.1) is 0 Å². The first-order chi connectivity index (χ1) is 7.29. The molecule has 0 bridgehead atoms. The summed E-state index contributed by atoms with van der Waals surface area (Å²) in [6.07, 6.45) is 0. The van der Waals surface area contributed by atoms with E-state index < -0.39 is 0 Å². The van der Waals surface area contributed by atoms with Crippen LogP contribution in [0.1, 0.15) is 0 Å². The summed E-state index contributed by atoms with van der Waals surface area (Å²) in [5, 5.41) is 0.412. The van der Waals surface area contributed by atoms with Gasteiger partial charge in [0.05, 0.1) is 7.11 Å². The second-order valence-corrected chi connectivity index (χ2v) is 4.69. The number of pyridine rings is 1. The monoisotopic (exact) mass is 259 g/mol. The number of hydrogen-bond acceptors (Lipinski definition) is 6. The van der Waals surface area contributed by atoms with Crippen LogP contribution in [0.2, 0.25) is 5.15 Å². The van der Waals surface area contributed by atoms with E-state index in [0.717, 1.165) is 0 Å². The molecule has 2 rings (SSSR count). The Kier molecular flexibility index (Phi) is 3.30. The summed E-state index contributed by atoms with van der Waals surface area (Å²) in [7, 11) is 4.27. The van der Waals surface area contributed by atoms with Crippen molar-refractivity contribution in [2.75, 3.05) is 7.11 Å². The van der Waals surface area contributed by atoms with Crippen LogP contribution in [0.4, 0.5) is 5.82 Å². The second kappa shape index (κ2) is 4.69. The molecule has 4 nitrogen and oxygen atoms in total. The van der Waals surface area contributed by atoms with Crippen molar-refractivity contribution in [2.45, 2.75) is 0 Å². The van der Waals surface area contributed by atoms with Crippen LogP contribution in [-0.4, -0.2) is 16.5 Å². The van der Waals surface area contributed by atoms with E-state index in [1.807, 2.05) is 6.07 Å². The zero-order valence-corrected chi connectivity index (χ0v) is 10.1. The first-order valence-electron chi connectivity index (χ1n) is 3.97. The van der Waals surface area contributed by atoms with Crippen molar-refractivity contribution in [3.05, 3.63) is 28.0 Å². The van der Waals surface area contributed by atoms with E-state index in [0.29, 0.717) is 21.5 Å². The standard InChI is InChI=1S/C8H6ClN3OS2/c1-13-6-4-2-3-5(10-6)11-8-7(9)12-15-14-8/h2-4H,1H3. The highest BCUT2D eigenvalue weighted by molar-refractivity contribution is 7.66. The predicted molar refractivity (Wildman–Crippen MR) is 61.0 cm³/mol. The average Bonchev–Trinajstić information content (AvgIpc) is 2.65. The number of aromatic nitrogens is 2. The maximum Gasteiger partial charge on any atom is 0.214 e. The lowest BCUT2D eigenvalue weighted by Crippen LogP contribution is -1.94. The third kappa shape index (κ3) is 2.53. The lowest BCUT2D eigenvalue weighted by atomic mass is 10.4. The zero-order valence-electron chi connectivity index (χ0n) is 7.68. The van der Waals surface area contributed by atoms with Gasteiger partial charge >= 0.3 is 0 Å². The third-order valence-corrected chi connectivity index (χ3v) is 3.71. The maximum absolute atomic E-state index is 5.82. The van der Waals surface area contributed by atoms with E-state index in [2.05, 4.69) is 14.3 Å². The summed E-state index contributed by atoms with van der Waals surface area (Å²) in [5.41, 5.74) is 0. The molecule has 0 radical (unpaired) electrons. The number of nitrogens with zero attached hydrogens (tertiary/aromatic N) is 3. The van der Waals surface area contributed by atoms with E-state index in [4.69, 9.17) is 16.3 Å². The molecule has 0 aromatic carbocycles. The van der Waals surface area contributed by atoms with Gasteiger partial charge < -0.3 is 4.74 Å². The highest BCUT2D eigenvalue weighted by atomic mass is 35.5. The molecule has 15 heavy (non-hydrogen) atoms. The van der Waals surface area contributed by atoms with Gasteiger partial charge in [-0.1, -0.05) is 17.7 Å². The van der Waals surface area contributed by atoms with Gasteiger partial charge in [0.1, 0.15) is 0 Å². The minimum absolute atomic E-state index is 0.412. The molecule has 0 fully saturated rings. The molecule has 0 aliphatic carbocycles. The molecule has 0 atom stereocenters. The normalized spacial score (nSPS) is 11.7. The van der Waals surface area contributed by atoms with Gasteiger partial charge in [0.15, 0.2) is 15.6 Å². The minimum atomic E-state index is 0.412. The number of ether oxygens (including phenoxy) is 1. The van der Waals surface area contributed by atoms with Crippen molar-refractivity contribution >= 4 is 38.3 Å². The van der Waals surface area contributed by atoms with E-state index in [1.165, 1.54) is 20.9 Å². The van der Waals surface area contributed by atoms with E-state index in [9.17, 15) is 0 Å². The Morgan fingerprint density at radius 2 is 2.33 bits per heavy atom. The van der Waals surface area contributed by atoms with Crippen LogP contribution in [-0.2, 0) is 0 Å². The Bertz CT molecular complexity index is 522. The van der Waals surface area contributed by atoms with Gasteiger partial charge in [-0.3, -0.25) is 0 Å². The molecule has 0 N–H and O–H groups in total. The molecular formula is C8H6ClN3OS2. The highest BCUT2D eigenvalue weighted by Gasteiger charge is 1.99. The third-order valence-electron chi connectivity index (χ3n) is 1.54. The highest BCUT2D eigenvalue weighted by Crippen LogP contribution is 2.14. The molecule has 0 aliphatic heterocycles. The fourth-order valence-electron chi connectivity index (χ4n) is 0.909. The SMILES string of the molecule is COc1cccc(N=c2ssnc2Cl)n1. The first-order valence-corrected chi connectivity index (χ1v) is 6.45.